The predicted octanol–water partition coefficient (Wildman–Crippen LogP) is 1.84. The van der Waals surface area contributed by atoms with E-state index < -0.39 is 12.6 Å². The molecule has 144 valence electrons. The summed E-state index contributed by atoms with van der Waals surface area (Å²) >= 11 is 0. The Hall–Kier alpha value is -2.85. The summed E-state index contributed by atoms with van der Waals surface area (Å²) in [6.07, 6.45) is 1.33. The van der Waals surface area contributed by atoms with Crippen molar-refractivity contribution in [3.63, 3.8) is 0 Å². The molecule has 1 aliphatic rings. The zero-order valence-electron chi connectivity index (χ0n) is 16.1. The maximum atomic E-state index is 12.3. The van der Waals surface area contributed by atoms with E-state index in [0.29, 0.717) is 18.7 Å². The standard InChI is InChI=1S/C20H25N3O4/c1-14-11-23(12-15(2)27-14)19(24)13-26-20(25)17(10-21)9-16-5-7-18(8-6-16)22(3)4/h5-9,14-15H,11-13H2,1-4H3. The molecule has 27 heavy (non-hydrogen) atoms. The summed E-state index contributed by atoms with van der Waals surface area (Å²) in [6, 6.07) is 9.22. The Labute approximate surface area is 159 Å². The molecule has 2 rings (SSSR count). The van der Waals surface area contributed by atoms with Crippen LogP contribution in [0.1, 0.15) is 19.4 Å². The van der Waals surface area contributed by atoms with Crippen LogP contribution in [0.4, 0.5) is 5.69 Å². The first-order chi connectivity index (χ1) is 12.8. The Morgan fingerprint density at radius 2 is 1.85 bits per heavy atom. The first-order valence-electron chi connectivity index (χ1n) is 8.79. The van der Waals surface area contributed by atoms with Gasteiger partial charge in [-0.05, 0) is 37.6 Å². The molecule has 1 amide bonds. The predicted molar refractivity (Wildman–Crippen MR) is 102 cm³/mol. The van der Waals surface area contributed by atoms with Gasteiger partial charge in [0.2, 0.25) is 0 Å². The average molecular weight is 371 g/mol. The molecule has 7 heteroatoms. The zero-order valence-corrected chi connectivity index (χ0v) is 16.1. The SMILES string of the molecule is CC1CN(C(=O)COC(=O)C(C#N)=Cc2ccc(N(C)C)cc2)CC(C)O1. The van der Waals surface area contributed by atoms with E-state index in [4.69, 9.17) is 9.47 Å². The summed E-state index contributed by atoms with van der Waals surface area (Å²) in [5, 5.41) is 9.24. The molecule has 0 aliphatic carbocycles. The smallest absolute Gasteiger partial charge is 0.349 e. The highest BCUT2D eigenvalue weighted by Gasteiger charge is 2.26. The molecule has 1 heterocycles. The maximum Gasteiger partial charge on any atom is 0.349 e. The Morgan fingerprint density at radius 3 is 2.37 bits per heavy atom. The van der Waals surface area contributed by atoms with Crippen LogP contribution in [0.25, 0.3) is 6.08 Å². The Kier molecular flexibility index (Phi) is 6.97. The van der Waals surface area contributed by atoms with E-state index in [1.54, 1.807) is 4.90 Å². The first-order valence-corrected chi connectivity index (χ1v) is 8.79. The third-order valence-electron chi connectivity index (χ3n) is 4.16. The molecule has 0 N–H and O–H groups in total. The van der Waals surface area contributed by atoms with Gasteiger partial charge in [0.25, 0.3) is 5.91 Å². The third-order valence-corrected chi connectivity index (χ3v) is 4.16. The zero-order chi connectivity index (χ0) is 20.0. The number of benzene rings is 1. The second-order valence-electron chi connectivity index (χ2n) is 6.79. The lowest BCUT2D eigenvalue weighted by molar-refractivity contribution is -0.154. The number of nitrogens with zero attached hydrogens (tertiary/aromatic N) is 3. The highest BCUT2D eigenvalue weighted by molar-refractivity contribution is 5.98. The van der Waals surface area contributed by atoms with E-state index >= 15 is 0 Å². The minimum Gasteiger partial charge on any atom is -0.451 e. The van der Waals surface area contributed by atoms with Crippen LogP contribution < -0.4 is 4.90 Å². The molecule has 1 saturated heterocycles. The van der Waals surface area contributed by atoms with Crippen LogP contribution in [0, 0.1) is 11.3 Å². The fraction of sp³-hybridized carbons (Fsp3) is 0.450. The molecule has 1 aromatic carbocycles. The van der Waals surface area contributed by atoms with Gasteiger partial charge in [0.15, 0.2) is 6.61 Å². The largest absolute Gasteiger partial charge is 0.451 e. The van der Waals surface area contributed by atoms with Gasteiger partial charge in [-0.1, -0.05) is 12.1 Å². The summed E-state index contributed by atoms with van der Waals surface area (Å²) < 4.78 is 10.6. The van der Waals surface area contributed by atoms with Gasteiger partial charge in [0.05, 0.1) is 12.2 Å². The quantitative estimate of drug-likeness (QED) is 0.446. The van der Waals surface area contributed by atoms with Crippen LogP contribution in [-0.2, 0) is 19.1 Å². The summed E-state index contributed by atoms with van der Waals surface area (Å²) in [7, 11) is 3.85. The molecule has 0 spiro atoms. The number of rotatable bonds is 5. The molecule has 1 aromatic rings. The highest BCUT2D eigenvalue weighted by Crippen LogP contribution is 2.15. The van der Waals surface area contributed by atoms with E-state index in [2.05, 4.69) is 0 Å². The molecular formula is C20H25N3O4. The molecular weight excluding hydrogens is 346 g/mol. The fourth-order valence-electron chi connectivity index (χ4n) is 2.85. The van der Waals surface area contributed by atoms with E-state index in [1.807, 2.05) is 63.2 Å². The normalized spacial score (nSPS) is 20.0. The molecule has 0 saturated carbocycles. The Balaban J connectivity index is 1.96. The van der Waals surface area contributed by atoms with Crippen LogP contribution in [0.15, 0.2) is 29.8 Å². The lowest BCUT2D eigenvalue weighted by Crippen LogP contribution is -2.49. The molecule has 1 fully saturated rings. The number of anilines is 1. The van der Waals surface area contributed by atoms with Gasteiger partial charge in [0, 0.05) is 32.9 Å². The van der Waals surface area contributed by atoms with Crippen molar-refractivity contribution in [1.82, 2.24) is 4.90 Å². The van der Waals surface area contributed by atoms with Gasteiger partial charge < -0.3 is 19.3 Å². The van der Waals surface area contributed by atoms with E-state index in [-0.39, 0.29) is 23.7 Å². The molecule has 2 atom stereocenters. The summed E-state index contributed by atoms with van der Waals surface area (Å²) in [4.78, 5) is 28.0. The van der Waals surface area contributed by atoms with Crippen molar-refractivity contribution in [3.8, 4) is 6.07 Å². The van der Waals surface area contributed by atoms with Gasteiger partial charge in [0.1, 0.15) is 11.6 Å². The van der Waals surface area contributed by atoms with Crippen LogP contribution in [0.3, 0.4) is 0 Å². The number of hydrogen-bond donors (Lipinski definition) is 0. The number of carbonyl (C=O) groups is 2. The van der Waals surface area contributed by atoms with Gasteiger partial charge in [-0.2, -0.15) is 5.26 Å². The number of esters is 1. The molecule has 7 nitrogen and oxygen atoms in total. The lowest BCUT2D eigenvalue weighted by Gasteiger charge is -2.35. The minimum absolute atomic E-state index is 0.0619. The third kappa shape index (κ3) is 5.83. The van der Waals surface area contributed by atoms with Crippen molar-refractivity contribution < 1.29 is 19.1 Å². The van der Waals surface area contributed by atoms with Crippen molar-refractivity contribution >= 4 is 23.6 Å². The minimum atomic E-state index is -0.808. The summed E-state index contributed by atoms with van der Waals surface area (Å²) in [6.45, 7) is 4.30. The summed E-state index contributed by atoms with van der Waals surface area (Å²) in [5.74, 6) is -1.10. The molecule has 2 unspecified atom stereocenters. The average Bonchev–Trinajstić information content (AvgIpc) is 2.63. The van der Waals surface area contributed by atoms with Crippen molar-refractivity contribution in [2.75, 3.05) is 38.7 Å². The van der Waals surface area contributed by atoms with Gasteiger partial charge in [-0.15, -0.1) is 0 Å². The summed E-state index contributed by atoms with van der Waals surface area (Å²) in [5.41, 5.74) is 1.56. The molecule has 0 aromatic heterocycles. The Morgan fingerprint density at radius 1 is 1.26 bits per heavy atom. The topological polar surface area (TPSA) is 82.9 Å². The number of hydrogen-bond acceptors (Lipinski definition) is 6. The number of ether oxygens (including phenoxy) is 2. The van der Waals surface area contributed by atoms with Crippen LogP contribution in [-0.4, -0.2) is 62.8 Å². The Bertz CT molecular complexity index is 739. The number of carbonyl (C=O) groups excluding carboxylic acids is 2. The van der Waals surface area contributed by atoms with Crippen molar-refractivity contribution in [2.45, 2.75) is 26.1 Å². The molecule has 0 radical (unpaired) electrons. The van der Waals surface area contributed by atoms with Gasteiger partial charge in [-0.3, -0.25) is 4.79 Å². The highest BCUT2D eigenvalue weighted by atomic mass is 16.5. The monoisotopic (exact) mass is 371 g/mol. The second kappa shape index (κ2) is 9.19. The van der Waals surface area contributed by atoms with Crippen LogP contribution in [0.2, 0.25) is 0 Å². The van der Waals surface area contributed by atoms with Crippen LogP contribution in [0.5, 0.6) is 0 Å². The van der Waals surface area contributed by atoms with E-state index in [0.717, 1.165) is 5.69 Å². The van der Waals surface area contributed by atoms with Crippen LogP contribution >= 0.6 is 0 Å². The van der Waals surface area contributed by atoms with Crippen molar-refractivity contribution in [1.29, 1.82) is 5.26 Å². The van der Waals surface area contributed by atoms with Crippen molar-refractivity contribution in [3.05, 3.63) is 35.4 Å². The van der Waals surface area contributed by atoms with Crippen molar-refractivity contribution in [2.24, 2.45) is 0 Å². The second-order valence-corrected chi connectivity index (χ2v) is 6.79. The number of morpholine rings is 1. The molecule has 1 aliphatic heterocycles. The lowest BCUT2D eigenvalue weighted by atomic mass is 10.1. The molecule has 0 bridgehead atoms. The maximum absolute atomic E-state index is 12.3. The van der Waals surface area contributed by atoms with E-state index in [9.17, 15) is 14.9 Å². The number of nitriles is 1. The van der Waals surface area contributed by atoms with E-state index in [1.165, 1.54) is 6.08 Å². The fourth-order valence-corrected chi connectivity index (χ4v) is 2.85. The van der Waals surface area contributed by atoms with Gasteiger partial charge in [-0.25, -0.2) is 4.79 Å². The number of amides is 1. The van der Waals surface area contributed by atoms with Gasteiger partial charge >= 0.3 is 5.97 Å². The first kappa shape index (κ1) is 20.5.